The van der Waals surface area contributed by atoms with E-state index < -0.39 is 0 Å². The number of carbonyl (C=O) groups excluding carboxylic acids is 1. The number of benzene rings is 2. The smallest absolute Gasteiger partial charge is 0.276 e. The van der Waals surface area contributed by atoms with Crippen molar-refractivity contribution in [3.63, 3.8) is 0 Å². The molecule has 0 saturated carbocycles. The van der Waals surface area contributed by atoms with E-state index in [1.54, 1.807) is 13.1 Å². The highest BCUT2D eigenvalue weighted by molar-refractivity contribution is 7.80. The SMILES string of the molecule is CN1C(=O)/C(=C/c2cn(Cc3ccc(Cl)cc3Cl)c3ccccc23)NC1=S. The summed E-state index contributed by atoms with van der Waals surface area (Å²) in [6.45, 7) is 0.597. The van der Waals surface area contributed by atoms with Gasteiger partial charge in [-0.25, -0.2) is 0 Å². The Labute approximate surface area is 172 Å². The molecular weight excluding hydrogens is 401 g/mol. The first kappa shape index (κ1) is 18.0. The molecule has 0 bridgehead atoms. The average Bonchev–Trinajstić information content (AvgIpc) is 3.11. The molecule has 1 aromatic heterocycles. The molecule has 1 N–H and O–H groups in total. The van der Waals surface area contributed by atoms with Crippen LogP contribution < -0.4 is 5.32 Å². The third kappa shape index (κ3) is 3.34. The van der Waals surface area contributed by atoms with Gasteiger partial charge >= 0.3 is 0 Å². The first-order valence-corrected chi connectivity index (χ1v) is 9.43. The number of halogens is 2. The Morgan fingerprint density at radius 3 is 2.67 bits per heavy atom. The maximum absolute atomic E-state index is 12.3. The Morgan fingerprint density at radius 2 is 1.96 bits per heavy atom. The van der Waals surface area contributed by atoms with Gasteiger partial charge in [0.2, 0.25) is 0 Å². The quantitative estimate of drug-likeness (QED) is 0.498. The number of thiocarbonyl (C=S) groups is 1. The van der Waals surface area contributed by atoms with Gasteiger partial charge in [0, 0.05) is 46.3 Å². The van der Waals surface area contributed by atoms with Crippen molar-refractivity contribution in [2.75, 3.05) is 7.05 Å². The van der Waals surface area contributed by atoms with Crippen LogP contribution in [0, 0.1) is 0 Å². The maximum atomic E-state index is 12.3. The zero-order valence-electron chi connectivity index (χ0n) is 14.4. The lowest BCUT2D eigenvalue weighted by molar-refractivity contribution is -0.121. The third-order valence-electron chi connectivity index (χ3n) is 4.56. The van der Waals surface area contributed by atoms with Gasteiger partial charge in [-0.15, -0.1) is 0 Å². The molecule has 1 saturated heterocycles. The lowest BCUT2D eigenvalue weighted by Gasteiger charge is -2.08. The number of fused-ring (bicyclic) bond motifs is 1. The average molecular weight is 416 g/mol. The standard InChI is InChI=1S/C20H15Cl2N3OS/c1-24-19(26)17(23-20(24)27)8-13-11-25(18-5-3-2-4-15(13)18)10-12-6-7-14(21)9-16(12)22/h2-9,11H,10H2,1H3,(H,23,27)/b17-8-. The number of hydrogen-bond donors (Lipinski definition) is 1. The van der Waals surface area contributed by atoms with E-state index in [1.807, 2.05) is 48.7 Å². The topological polar surface area (TPSA) is 37.3 Å². The maximum Gasteiger partial charge on any atom is 0.276 e. The van der Waals surface area contributed by atoms with E-state index in [2.05, 4.69) is 9.88 Å². The Balaban J connectivity index is 1.78. The molecule has 1 aliphatic rings. The molecule has 2 heterocycles. The van der Waals surface area contributed by atoms with Crippen LogP contribution in [-0.2, 0) is 11.3 Å². The summed E-state index contributed by atoms with van der Waals surface area (Å²) in [6, 6.07) is 13.5. The first-order valence-electron chi connectivity index (χ1n) is 8.26. The second-order valence-electron chi connectivity index (χ2n) is 6.32. The molecule has 27 heavy (non-hydrogen) atoms. The van der Waals surface area contributed by atoms with Crippen LogP contribution in [0.3, 0.4) is 0 Å². The van der Waals surface area contributed by atoms with Gasteiger partial charge < -0.3 is 9.88 Å². The van der Waals surface area contributed by atoms with Gasteiger partial charge in [-0.2, -0.15) is 0 Å². The fourth-order valence-corrected chi connectivity index (χ4v) is 3.79. The second kappa shape index (κ2) is 7.00. The molecule has 0 unspecified atom stereocenters. The molecule has 4 nitrogen and oxygen atoms in total. The molecular formula is C20H15Cl2N3OS. The van der Waals surface area contributed by atoms with Crippen molar-refractivity contribution in [1.29, 1.82) is 0 Å². The number of amides is 1. The minimum absolute atomic E-state index is 0.141. The van der Waals surface area contributed by atoms with Crippen molar-refractivity contribution in [2.45, 2.75) is 6.54 Å². The van der Waals surface area contributed by atoms with Gasteiger partial charge in [0.05, 0.1) is 0 Å². The van der Waals surface area contributed by atoms with E-state index in [1.165, 1.54) is 4.90 Å². The largest absolute Gasteiger partial charge is 0.342 e. The summed E-state index contributed by atoms with van der Waals surface area (Å²) >= 11 is 17.5. The number of likely N-dealkylation sites (N-methyl/N-ethyl adjacent to an activating group) is 1. The molecule has 0 radical (unpaired) electrons. The van der Waals surface area contributed by atoms with E-state index in [4.69, 9.17) is 35.4 Å². The molecule has 1 amide bonds. The normalized spacial score (nSPS) is 15.8. The Bertz CT molecular complexity index is 1120. The predicted molar refractivity (Wildman–Crippen MR) is 114 cm³/mol. The number of nitrogens with one attached hydrogen (secondary N) is 1. The molecule has 7 heteroatoms. The Morgan fingerprint density at radius 1 is 1.19 bits per heavy atom. The van der Waals surface area contributed by atoms with Crippen molar-refractivity contribution < 1.29 is 4.79 Å². The number of carbonyl (C=O) groups is 1. The summed E-state index contributed by atoms with van der Waals surface area (Å²) in [5.74, 6) is -0.141. The summed E-state index contributed by atoms with van der Waals surface area (Å²) in [5.41, 5.74) is 3.42. The predicted octanol–water partition coefficient (Wildman–Crippen LogP) is 4.68. The third-order valence-corrected chi connectivity index (χ3v) is 5.52. The number of rotatable bonds is 3. The van der Waals surface area contributed by atoms with Crippen molar-refractivity contribution in [1.82, 2.24) is 14.8 Å². The number of para-hydroxylation sites is 1. The van der Waals surface area contributed by atoms with Gasteiger partial charge in [-0.1, -0.05) is 47.5 Å². The Kier molecular flexibility index (Phi) is 4.68. The highest BCUT2D eigenvalue weighted by Crippen LogP contribution is 2.27. The molecule has 0 atom stereocenters. The summed E-state index contributed by atoms with van der Waals surface area (Å²) in [5, 5.41) is 5.65. The highest BCUT2D eigenvalue weighted by Gasteiger charge is 2.27. The van der Waals surface area contributed by atoms with E-state index in [-0.39, 0.29) is 5.91 Å². The van der Waals surface area contributed by atoms with Gasteiger partial charge in [-0.3, -0.25) is 9.69 Å². The van der Waals surface area contributed by atoms with E-state index >= 15 is 0 Å². The number of nitrogens with zero attached hydrogens (tertiary/aromatic N) is 2. The Hall–Kier alpha value is -2.34. The van der Waals surface area contributed by atoms with Gasteiger partial charge in [0.25, 0.3) is 5.91 Å². The zero-order valence-corrected chi connectivity index (χ0v) is 16.7. The molecule has 0 aliphatic carbocycles. The summed E-state index contributed by atoms with van der Waals surface area (Å²) < 4.78 is 2.11. The van der Waals surface area contributed by atoms with Crippen LogP contribution in [0.25, 0.3) is 17.0 Å². The summed E-state index contributed by atoms with van der Waals surface area (Å²) in [4.78, 5) is 13.7. The van der Waals surface area contributed by atoms with Crippen molar-refractivity contribution in [3.05, 3.63) is 75.5 Å². The molecule has 1 fully saturated rings. The van der Waals surface area contributed by atoms with E-state index in [0.717, 1.165) is 22.0 Å². The van der Waals surface area contributed by atoms with Crippen LogP contribution >= 0.6 is 35.4 Å². The highest BCUT2D eigenvalue weighted by atomic mass is 35.5. The van der Waals surface area contributed by atoms with Crippen LogP contribution in [0.15, 0.2) is 54.4 Å². The van der Waals surface area contributed by atoms with Crippen LogP contribution in [0.5, 0.6) is 0 Å². The molecule has 1 aliphatic heterocycles. The minimum Gasteiger partial charge on any atom is -0.342 e. The monoisotopic (exact) mass is 415 g/mol. The number of hydrogen-bond acceptors (Lipinski definition) is 2. The second-order valence-corrected chi connectivity index (χ2v) is 7.55. The van der Waals surface area contributed by atoms with Crippen LogP contribution in [0.1, 0.15) is 11.1 Å². The fourth-order valence-electron chi connectivity index (χ4n) is 3.13. The van der Waals surface area contributed by atoms with Crippen LogP contribution in [-0.4, -0.2) is 27.5 Å². The van der Waals surface area contributed by atoms with Crippen LogP contribution in [0.2, 0.25) is 10.0 Å². The zero-order chi connectivity index (χ0) is 19.1. The fraction of sp³-hybridized carbons (Fsp3) is 0.100. The lowest BCUT2D eigenvalue weighted by Crippen LogP contribution is -2.25. The molecule has 3 aromatic rings. The minimum atomic E-state index is -0.141. The number of aromatic nitrogens is 1. The van der Waals surface area contributed by atoms with E-state index in [0.29, 0.717) is 27.4 Å². The van der Waals surface area contributed by atoms with Crippen molar-refractivity contribution in [3.8, 4) is 0 Å². The van der Waals surface area contributed by atoms with Gasteiger partial charge in [-0.05, 0) is 42.1 Å². The molecule has 2 aromatic carbocycles. The van der Waals surface area contributed by atoms with Crippen molar-refractivity contribution in [2.24, 2.45) is 0 Å². The molecule has 0 spiro atoms. The van der Waals surface area contributed by atoms with Crippen LogP contribution in [0.4, 0.5) is 0 Å². The summed E-state index contributed by atoms with van der Waals surface area (Å²) in [7, 11) is 1.66. The molecule has 136 valence electrons. The van der Waals surface area contributed by atoms with Gasteiger partial charge in [0.15, 0.2) is 5.11 Å². The van der Waals surface area contributed by atoms with Crippen molar-refractivity contribution >= 4 is 63.4 Å². The molecule has 4 rings (SSSR count). The van der Waals surface area contributed by atoms with E-state index in [9.17, 15) is 4.79 Å². The first-order chi connectivity index (χ1) is 12.9. The lowest BCUT2D eigenvalue weighted by atomic mass is 10.1. The summed E-state index contributed by atoms with van der Waals surface area (Å²) in [6.07, 6.45) is 3.85. The van der Waals surface area contributed by atoms with Gasteiger partial charge in [0.1, 0.15) is 5.70 Å².